The van der Waals surface area contributed by atoms with Crippen molar-refractivity contribution in [2.75, 3.05) is 0 Å². The fourth-order valence-corrected chi connectivity index (χ4v) is 1.76. The second kappa shape index (κ2) is 4.89. The van der Waals surface area contributed by atoms with E-state index in [1.807, 2.05) is 0 Å². The first-order valence-electron chi connectivity index (χ1n) is 5.71. The number of ether oxygens (including phenoxy) is 1. The normalized spacial score (nSPS) is 10.4. The lowest BCUT2D eigenvalue weighted by Gasteiger charge is -2.05. The second-order valence-electron chi connectivity index (χ2n) is 3.91. The summed E-state index contributed by atoms with van der Waals surface area (Å²) in [6, 6.07) is 13.8. The molecule has 0 amide bonds. The number of hydrogen-bond acceptors (Lipinski definition) is 3. The van der Waals surface area contributed by atoms with E-state index in [9.17, 15) is 4.39 Å². The van der Waals surface area contributed by atoms with Gasteiger partial charge in [0.15, 0.2) is 0 Å². The third kappa shape index (κ3) is 2.44. The Balaban J connectivity index is 1.85. The van der Waals surface area contributed by atoms with Crippen LogP contribution in [0, 0.1) is 5.82 Å². The van der Waals surface area contributed by atoms with Crippen LogP contribution in [0.1, 0.15) is 0 Å². The van der Waals surface area contributed by atoms with E-state index in [1.165, 1.54) is 12.3 Å². The standard InChI is InChI=1S/C14H10FN3O/c15-13-4-2-1-3-12(13)10-5-7-11(8-6-10)19-14-9-16-18-17-14/h1-9H,(H,16,17,18). The molecule has 0 saturated carbocycles. The average Bonchev–Trinajstić information content (AvgIpc) is 2.93. The molecule has 2 aromatic carbocycles. The fraction of sp³-hybridized carbons (Fsp3) is 0. The maximum absolute atomic E-state index is 13.6. The van der Waals surface area contributed by atoms with Crippen LogP contribution < -0.4 is 4.74 Å². The molecule has 0 unspecified atom stereocenters. The van der Waals surface area contributed by atoms with Gasteiger partial charge in [0, 0.05) is 5.56 Å². The first kappa shape index (κ1) is 11.4. The molecule has 3 rings (SSSR count). The van der Waals surface area contributed by atoms with Gasteiger partial charge in [-0.25, -0.2) is 4.39 Å². The lowest BCUT2D eigenvalue weighted by atomic mass is 10.1. The van der Waals surface area contributed by atoms with E-state index < -0.39 is 0 Å². The fourth-order valence-electron chi connectivity index (χ4n) is 1.76. The zero-order chi connectivity index (χ0) is 13.1. The number of nitrogens with zero attached hydrogens (tertiary/aromatic N) is 2. The van der Waals surface area contributed by atoms with Gasteiger partial charge in [-0.3, -0.25) is 0 Å². The van der Waals surface area contributed by atoms with Crippen molar-refractivity contribution in [2.24, 2.45) is 0 Å². The molecule has 4 nitrogen and oxygen atoms in total. The summed E-state index contributed by atoms with van der Waals surface area (Å²) < 4.78 is 19.1. The molecule has 0 aliphatic carbocycles. The van der Waals surface area contributed by atoms with E-state index in [4.69, 9.17) is 4.74 Å². The Morgan fingerprint density at radius 2 is 1.79 bits per heavy atom. The third-order valence-corrected chi connectivity index (χ3v) is 2.65. The average molecular weight is 255 g/mol. The molecule has 3 aromatic rings. The molecule has 1 aromatic heterocycles. The first-order valence-corrected chi connectivity index (χ1v) is 5.71. The van der Waals surface area contributed by atoms with Crippen LogP contribution >= 0.6 is 0 Å². The van der Waals surface area contributed by atoms with Crippen molar-refractivity contribution >= 4 is 0 Å². The molecule has 94 valence electrons. The third-order valence-electron chi connectivity index (χ3n) is 2.65. The van der Waals surface area contributed by atoms with Gasteiger partial charge in [0.1, 0.15) is 17.8 Å². The Morgan fingerprint density at radius 3 is 2.47 bits per heavy atom. The van der Waals surface area contributed by atoms with Crippen LogP contribution in [0.4, 0.5) is 4.39 Å². The van der Waals surface area contributed by atoms with Crippen LogP contribution in [0.5, 0.6) is 11.6 Å². The molecule has 5 heteroatoms. The van der Waals surface area contributed by atoms with Crippen molar-refractivity contribution in [2.45, 2.75) is 0 Å². The Labute approximate surface area is 108 Å². The van der Waals surface area contributed by atoms with Gasteiger partial charge in [0.25, 0.3) is 5.88 Å². The van der Waals surface area contributed by atoms with E-state index in [2.05, 4.69) is 15.4 Å². The van der Waals surface area contributed by atoms with Gasteiger partial charge >= 0.3 is 0 Å². The van der Waals surface area contributed by atoms with Crippen molar-refractivity contribution in [3.8, 4) is 22.8 Å². The summed E-state index contributed by atoms with van der Waals surface area (Å²) in [5, 5.41) is 9.89. The molecule has 0 radical (unpaired) electrons. The molecule has 0 saturated heterocycles. The highest BCUT2D eigenvalue weighted by Gasteiger charge is 2.05. The number of aromatic nitrogens is 3. The van der Waals surface area contributed by atoms with Crippen LogP contribution in [0.3, 0.4) is 0 Å². The number of H-pyrrole nitrogens is 1. The summed E-state index contributed by atoms with van der Waals surface area (Å²) in [4.78, 5) is 0. The molecule has 19 heavy (non-hydrogen) atoms. The molecule has 0 fully saturated rings. The number of benzene rings is 2. The minimum absolute atomic E-state index is 0.243. The zero-order valence-electron chi connectivity index (χ0n) is 9.88. The predicted molar refractivity (Wildman–Crippen MR) is 68.3 cm³/mol. The van der Waals surface area contributed by atoms with Gasteiger partial charge in [-0.05, 0) is 23.8 Å². The van der Waals surface area contributed by atoms with E-state index >= 15 is 0 Å². The highest BCUT2D eigenvalue weighted by molar-refractivity contribution is 5.64. The number of nitrogens with one attached hydrogen (secondary N) is 1. The molecular weight excluding hydrogens is 245 g/mol. The SMILES string of the molecule is Fc1ccccc1-c1ccc(Oc2cn[nH]n2)cc1. The van der Waals surface area contributed by atoms with Crippen LogP contribution in [-0.2, 0) is 0 Å². The maximum Gasteiger partial charge on any atom is 0.258 e. The van der Waals surface area contributed by atoms with Crippen molar-refractivity contribution in [1.29, 1.82) is 0 Å². The van der Waals surface area contributed by atoms with Crippen LogP contribution in [0.2, 0.25) is 0 Å². The highest BCUT2D eigenvalue weighted by atomic mass is 19.1. The Hall–Kier alpha value is -2.69. The minimum Gasteiger partial charge on any atom is -0.436 e. The molecule has 0 aliphatic heterocycles. The van der Waals surface area contributed by atoms with Gasteiger partial charge < -0.3 is 4.74 Å². The summed E-state index contributed by atoms with van der Waals surface area (Å²) in [5.74, 6) is 0.764. The second-order valence-corrected chi connectivity index (χ2v) is 3.91. The van der Waals surface area contributed by atoms with Crippen LogP contribution in [-0.4, -0.2) is 15.4 Å². The Bertz CT molecular complexity index is 665. The van der Waals surface area contributed by atoms with Crippen molar-refractivity contribution in [1.82, 2.24) is 15.4 Å². The maximum atomic E-state index is 13.6. The van der Waals surface area contributed by atoms with Gasteiger partial charge in [-0.1, -0.05) is 30.3 Å². The van der Waals surface area contributed by atoms with E-state index in [1.54, 1.807) is 42.5 Å². The summed E-state index contributed by atoms with van der Waals surface area (Å²) in [5.41, 5.74) is 1.36. The van der Waals surface area contributed by atoms with E-state index in [0.717, 1.165) is 5.56 Å². The van der Waals surface area contributed by atoms with Crippen molar-refractivity contribution in [3.63, 3.8) is 0 Å². The minimum atomic E-state index is -0.243. The molecule has 0 bridgehead atoms. The summed E-state index contributed by atoms with van der Waals surface area (Å²) >= 11 is 0. The van der Waals surface area contributed by atoms with Gasteiger partial charge in [-0.2, -0.15) is 10.3 Å². The van der Waals surface area contributed by atoms with Gasteiger partial charge in [0.2, 0.25) is 0 Å². The lowest BCUT2D eigenvalue weighted by molar-refractivity contribution is 0.461. The van der Waals surface area contributed by atoms with Crippen LogP contribution in [0.25, 0.3) is 11.1 Å². The van der Waals surface area contributed by atoms with Crippen molar-refractivity contribution < 1.29 is 9.13 Å². The lowest BCUT2D eigenvalue weighted by Crippen LogP contribution is -1.86. The summed E-state index contributed by atoms with van der Waals surface area (Å²) in [7, 11) is 0. The molecule has 0 spiro atoms. The predicted octanol–water partition coefficient (Wildman–Crippen LogP) is 3.40. The largest absolute Gasteiger partial charge is 0.436 e. The number of aromatic amines is 1. The molecule has 1 heterocycles. The van der Waals surface area contributed by atoms with Crippen molar-refractivity contribution in [3.05, 3.63) is 60.5 Å². The smallest absolute Gasteiger partial charge is 0.258 e. The summed E-state index contributed by atoms with van der Waals surface area (Å²) in [6.45, 7) is 0. The van der Waals surface area contributed by atoms with E-state index in [0.29, 0.717) is 17.2 Å². The molecule has 0 aliphatic rings. The molecule has 0 atom stereocenters. The highest BCUT2D eigenvalue weighted by Crippen LogP contribution is 2.26. The van der Waals surface area contributed by atoms with Gasteiger partial charge in [0.05, 0.1) is 0 Å². The number of hydrogen-bond donors (Lipinski definition) is 1. The van der Waals surface area contributed by atoms with Crippen LogP contribution in [0.15, 0.2) is 54.7 Å². The summed E-state index contributed by atoms with van der Waals surface area (Å²) in [6.07, 6.45) is 1.48. The van der Waals surface area contributed by atoms with Gasteiger partial charge in [-0.15, -0.1) is 5.10 Å². The first-order chi connectivity index (χ1) is 9.33. The molecular formula is C14H10FN3O. The number of halogens is 1. The Morgan fingerprint density at radius 1 is 1.00 bits per heavy atom. The monoisotopic (exact) mass is 255 g/mol. The molecule has 1 N–H and O–H groups in total. The quantitative estimate of drug-likeness (QED) is 0.780. The Kier molecular flexibility index (Phi) is 2.94. The number of rotatable bonds is 3. The van der Waals surface area contributed by atoms with E-state index in [-0.39, 0.29) is 5.82 Å². The zero-order valence-corrected chi connectivity index (χ0v) is 9.88. The topological polar surface area (TPSA) is 50.8 Å².